The van der Waals surface area contributed by atoms with E-state index in [1.165, 1.54) is 19.9 Å². The summed E-state index contributed by atoms with van der Waals surface area (Å²) in [7, 11) is -2.53. The zero-order valence-corrected chi connectivity index (χ0v) is 30.1. The predicted molar refractivity (Wildman–Crippen MR) is 185 cm³/mol. The van der Waals surface area contributed by atoms with Gasteiger partial charge in [0.2, 0.25) is 0 Å². The second-order valence-electron chi connectivity index (χ2n) is 14.5. The van der Waals surface area contributed by atoms with Gasteiger partial charge in [-0.15, -0.1) is 0 Å². The highest BCUT2D eigenvalue weighted by atomic mass is 35.5. The highest BCUT2D eigenvalue weighted by Gasteiger charge is 2.46. The molecular weight excluding hydrogens is 686 g/mol. The van der Waals surface area contributed by atoms with Crippen molar-refractivity contribution in [2.75, 3.05) is 58.1 Å². The Hall–Kier alpha value is -3.52. The molecule has 1 spiro atoms. The minimum atomic E-state index is -4.26. The fourth-order valence-electron chi connectivity index (χ4n) is 7.57. The zero-order chi connectivity index (χ0) is 35.3. The fourth-order valence-corrected chi connectivity index (χ4v) is 8.85. The first-order valence-corrected chi connectivity index (χ1v) is 19.1. The topological polar surface area (TPSA) is 133 Å². The molecule has 1 N–H and O–H groups in total. The Kier molecular flexibility index (Phi) is 9.46. The second-order valence-corrected chi connectivity index (χ2v) is 16.6. The molecule has 50 heavy (non-hydrogen) atoms. The van der Waals surface area contributed by atoms with Gasteiger partial charge in [-0.05, 0) is 81.9 Å². The van der Waals surface area contributed by atoms with E-state index in [-0.39, 0.29) is 29.4 Å². The lowest BCUT2D eigenvalue weighted by Gasteiger charge is -2.46. The van der Waals surface area contributed by atoms with Crippen molar-refractivity contribution < 1.29 is 41.7 Å². The molecule has 2 amide bonds. The molecule has 1 saturated carbocycles. The van der Waals surface area contributed by atoms with E-state index >= 15 is 0 Å². The van der Waals surface area contributed by atoms with Crippen LogP contribution in [-0.2, 0) is 34.4 Å². The lowest BCUT2D eigenvalue weighted by Crippen LogP contribution is -2.51. The van der Waals surface area contributed by atoms with E-state index in [4.69, 9.17) is 35.3 Å². The summed E-state index contributed by atoms with van der Waals surface area (Å²) < 4.78 is 59.6. The standard InChI is InChI=1S/C36H44ClN3O9S/c1-35(2)33(41)38-50(43,44)26-8-11-31-29(18-26)40(21-36(22-47-31)13-16-46-32-17-24(37)7-10-28(32)36)19-23-6-9-27(23)30(5-4-14-48-35)49-34(42)39(3)25-12-15-45-20-25/h4-5,7-8,10-11,17-18,23,25,27,30H,6,9,12-16,19-22H2,1-3H3,(H,38,41)/t23-,25+,27+,30-,36-/m0/s1. The van der Waals surface area contributed by atoms with Gasteiger partial charge in [0.15, 0.2) is 0 Å². The Labute approximate surface area is 298 Å². The fraction of sp³-hybridized carbons (Fsp3) is 0.556. The number of carbonyl (C=O) groups is 2. The van der Waals surface area contributed by atoms with Gasteiger partial charge in [0.1, 0.15) is 23.2 Å². The molecule has 12 nitrogen and oxygen atoms in total. The van der Waals surface area contributed by atoms with Gasteiger partial charge in [0.05, 0.1) is 48.5 Å². The third-order valence-electron chi connectivity index (χ3n) is 10.9. The van der Waals surface area contributed by atoms with Crippen LogP contribution >= 0.6 is 11.6 Å². The molecule has 14 heteroatoms. The van der Waals surface area contributed by atoms with Gasteiger partial charge in [-0.2, -0.15) is 0 Å². The molecule has 5 atom stereocenters. The summed E-state index contributed by atoms with van der Waals surface area (Å²) in [5, 5.41) is 0.575. The van der Waals surface area contributed by atoms with E-state index in [9.17, 15) is 18.0 Å². The third kappa shape index (κ3) is 6.77. The Morgan fingerprint density at radius 2 is 1.92 bits per heavy atom. The Morgan fingerprint density at radius 3 is 2.68 bits per heavy atom. The van der Waals surface area contributed by atoms with Gasteiger partial charge < -0.3 is 33.5 Å². The molecule has 2 bridgehead atoms. The smallest absolute Gasteiger partial charge is 0.410 e. The lowest BCUT2D eigenvalue weighted by molar-refractivity contribution is -0.139. The molecule has 2 fully saturated rings. The molecule has 1 saturated heterocycles. The molecule has 4 aliphatic heterocycles. The number of hydrogen-bond acceptors (Lipinski definition) is 10. The first kappa shape index (κ1) is 34.9. The maximum Gasteiger partial charge on any atom is 0.410 e. The van der Waals surface area contributed by atoms with Crippen LogP contribution in [0.5, 0.6) is 11.5 Å². The van der Waals surface area contributed by atoms with Crippen LogP contribution in [0.2, 0.25) is 5.02 Å². The molecule has 1 aliphatic carbocycles. The monoisotopic (exact) mass is 729 g/mol. The number of fused-ring (bicyclic) bond motifs is 4. The van der Waals surface area contributed by atoms with Crippen LogP contribution in [0.25, 0.3) is 0 Å². The number of sulfonamides is 1. The maximum absolute atomic E-state index is 13.6. The summed E-state index contributed by atoms with van der Waals surface area (Å²) in [6, 6.07) is 10.3. The van der Waals surface area contributed by atoms with Crippen LogP contribution in [0.4, 0.5) is 10.5 Å². The summed E-state index contributed by atoms with van der Waals surface area (Å²) in [5.74, 6) is 0.538. The van der Waals surface area contributed by atoms with Crippen molar-refractivity contribution in [1.29, 1.82) is 0 Å². The first-order chi connectivity index (χ1) is 23.8. The van der Waals surface area contributed by atoms with Crippen molar-refractivity contribution in [3.63, 3.8) is 0 Å². The summed E-state index contributed by atoms with van der Waals surface area (Å²) >= 11 is 6.36. The van der Waals surface area contributed by atoms with Crippen LogP contribution in [0.15, 0.2) is 53.4 Å². The van der Waals surface area contributed by atoms with Crippen molar-refractivity contribution in [3.8, 4) is 11.5 Å². The Balaban J connectivity index is 1.27. The van der Waals surface area contributed by atoms with Crippen LogP contribution in [0, 0.1) is 11.8 Å². The highest BCUT2D eigenvalue weighted by molar-refractivity contribution is 7.90. The number of ether oxygens (including phenoxy) is 5. The van der Waals surface area contributed by atoms with E-state index < -0.39 is 39.1 Å². The van der Waals surface area contributed by atoms with Crippen LogP contribution in [0.3, 0.4) is 0 Å². The number of nitrogens with zero attached hydrogens (tertiary/aromatic N) is 2. The van der Waals surface area contributed by atoms with E-state index in [2.05, 4.69) is 9.62 Å². The molecular formula is C36H44ClN3O9S. The van der Waals surface area contributed by atoms with Gasteiger partial charge in [-0.3, -0.25) is 4.79 Å². The zero-order valence-electron chi connectivity index (χ0n) is 28.6. The molecule has 7 rings (SSSR count). The number of halogens is 1. The highest BCUT2D eigenvalue weighted by Crippen LogP contribution is 2.48. The number of nitrogens with one attached hydrogen (secondary N) is 1. The van der Waals surface area contributed by atoms with Crippen LogP contribution in [-0.4, -0.2) is 96.2 Å². The summed E-state index contributed by atoms with van der Waals surface area (Å²) in [6.07, 6.45) is 5.76. The van der Waals surface area contributed by atoms with Crippen molar-refractivity contribution in [2.45, 2.75) is 67.6 Å². The van der Waals surface area contributed by atoms with Crippen molar-refractivity contribution in [3.05, 3.63) is 59.1 Å². The molecule has 0 unspecified atom stereocenters. The van der Waals surface area contributed by atoms with Gasteiger partial charge in [0, 0.05) is 43.2 Å². The number of carbonyl (C=O) groups excluding carboxylic acids is 2. The Bertz CT molecular complexity index is 1780. The number of likely N-dealkylation sites (N-methyl/N-ethyl adjacent to an activating group) is 1. The normalized spacial score (nSPS) is 30.0. The van der Waals surface area contributed by atoms with Crippen molar-refractivity contribution in [1.82, 2.24) is 9.62 Å². The molecule has 0 aromatic heterocycles. The Morgan fingerprint density at radius 1 is 1.08 bits per heavy atom. The number of hydrogen-bond donors (Lipinski definition) is 1. The van der Waals surface area contributed by atoms with E-state index in [1.54, 1.807) is 30.2 Å². The summed E-state index contributed by atoms with van der Waals surface area (Å²) in [4.78, 5) is 30.5. The van der Waals surface area contributed by atoms with Gasteiger partial charge >= 0.3 is 6.09 Å². The molecule has 4 heterocycles. The molecule has 5 aliphatic rings. The largest absolute Gasteiger partial charge is 0.493 e. The average Bonchev–Trinajstić information content (AvgIpc) is 3.56. The van der Waals surface area contributed by atoms with Crippen LogP contribution < -0.4 is 19.1 Å². The molecule has 270 valence electrons. The summed E-state index contributed by atoms with van der Waals surface area (Å²) in [5.41, 5.74) is -0.370. The minimum absolute atomic E-state index is 0.00847. The number of benzene rings is 2. The van der Waals surface area contributed by atoms with E-state index in [0.29, 0.717) is 68.1 Å². The lowest BCUT2D eigenvalue weighted by atomic mass is 9.69. The van der Waals surface area contributed by atoms with E-state index in [0.717, 1.165) is 24.8 Å². The van der Waals surface area contributed by atoms with Gasteiger partial charge in [0.25, 0.3) is 15.9 Å². The second kappa shape index (κ2) is 13.6. The van der Waals surface area contributed by atoms with Crippen molar-refractivity contribution >= 4 is 39.3 Å². The van der Waals surface area contributed by atoms with E-state index in [1.807, 2.05) is 24.3 Å². The molecule has 2 aromatic rings. The number of anilines is 1. The maximum atomic E-state index is 13.6. The van der Waals surface area contributed by atoms with Gasteiger partial charge in [-0.1, -0.05) is 23.7 Å². The third-order valence-corrected chi connectivity index (χ3v) is 12.5. The average molecular weight is 730 g/mol. The predicted octanol–water partition coefficient (Wildman–Crippen LogP) is 4.68. The quantitative estimate of drug-likeness (QED) is 0.435. The summed E-state index contributed by atoms with van der Waals surface area (Å²) in [6.45, 7) is 5.99. The number of rotatable bonds is 2. The first-order valence-electron chi connectivity index (χ1n) is 17.2. The number of amides is 2. The molecule has 2 aromatic carbocycles. The SMILES string of the molecule is CN(C(=O)O[C@H]1C=CCOC(C)(C)C(=O)NS(=O)(=O)c2ccc3c(c2)N(C[C@@H]2CC[C@H]21)C[C@@]1(CCOc2cc(Cl)ccc21)CO3)[C@@H]1CCOC1. The minimum Gasteiger partial charge on any atom is -0.493 e. The van der Waals surface area contributed by atoms with Crippen molar-refractivity contribution in [2.24, 2.45) is 11.8 Å². The van der Waals surface area contributed by atoms with Gasteiger partial charge in [-0.25, -0.2) is 17.9 Å². The van der Waals surface area contributed by atoms with Crippen LogP contribution in [0.1, 0.15) is 45.1 Å². The molecule has 0 radical (unpaired) electrons.